The van der Waals surface area contributed by atoms with Crippen LogP contribution in [-0.4, -0.2) is 35.3 Å². The van der Waals surface area contributed by atoms with Gasteiger partial charge in [-0.1, -0.05) is 128 Å². The fourth-order valence-electron chi connectivity index (χ4n) is 6.08. The number of carbonyl (C=O) groups excluding carboxylic acids is 1. The number of hydrogen-bond donors (Lipinski definition) is 2. The Morgan fingerprint density at radius 3 is 1.00 bits per heavy atom. The Hall–Kier alpha value is -0.296. The van der Waals surface area contributed by atoms with Gasteiger partial charge < -0.3 is 10.6 Å². The Labute approximate surface area is 192 Å². The molecule has 3 nitrogen and oxygen atoms in total. The second kappa shape index (κ2) is 18.3. The average Bonchev–Trinajstić information content (AvgIpc) is 2.70. The third kappa shape index (κ3) is 12.5. The highest BCUT2D eigenvalue weighted by Crippen LogP contribution is 2.32. The molecule has 0 aromatic rings. The summed E-state index contributed by atoms with van der Waals surface area (Å²) in [5.41, 5.74) is 0. The van der Waals surface area contributed by atoms with Crippen LogP contribution in [0.15, 0.2) is 0 Å². The van der Waals surface area contributed by atoms with Crippen LogP contribution in [0.4, 0.5) is 4.79 Å². The minimum atomic E-state index is -1.11. The van der Waals surface area contributed by atoms with Gasteiger partial charge >= 0.3 is 6.03 Å². The first-order valence-corrected chi connectivity index (χ1v) is 19.1. The summed E-state index contributed by atoms with van der Waals surface area (Å²) >= 11 is 0. The van der Waals surface area contributed by atoms with Crippen LogP contribution in [0.5, 0.6) is 0 Å². The van der Waals surface area contributed by atoms with Crippen molar-refractivity contribution >= 4 is 22.2 Å². The van der Waals surface area contributed by atoms with Crippen LogP contribution in [0.25, 0.3) is 0 Å². The first-order chi connectivity index (χ1) is 14.5. The Morgan fingerprint density at radius 1 is 0.500 bits per heavy atom. The second-order valence-electron chi connectivity index (χ2n) is 9.89. The van der Waals surface area contributed by atoms with E-state index in [0.29, 0.717) is 0 Å². The summed E-state index contributed by atoms with van der Waals surface area (Å²) in [6.45, 7) is 15.8. The summed E-state index contributed by atoms with van der Waals surface area (Å²) in [5.74, 6) is 0. The molecule has 0 aliphatic carbocycles. The van der Waals surface area contributed by atoms with Gasteiger partial charge in [0, 0.05) is 13.1 Å². The quantitative estimate of drug-likeness (QED) is 0.140. The molecular weight excluding hydrogens is 400 g/mol. The summed E-state index contributed by atoms with van der Waals surface area (Å²) in [6.07, 6.45) is 10.3. The molecule has 0 atom stereocenters. The van der Waals surface area contributed by atoms with E-state index in [4.69, 9.17) is 0 Å². The first kappa shape index (κ1) is 29.7. The number of amides is 2. The zero-order valence-corrected chi connectivity index (χ0v) is 23.6. The van der Waals surface area contributed by atoms with Gasteiger partial charge in [-0.05, 0) is 12.8 Å². The topological polar surface area (TPSA) is 41.1 Å². The highest BCUT2D eigenvalue weighted by Gasteiger charge is 2.30. The lowest BCUT2D eigenvalue weighted by molar-refractivity contribution is 0.241. The number of urea groups is 1. The number of hydrogen-bond acceptors (Lipinski definition) is 1. The maximum absolute atomic E-state index is 12.2. The van der Waals surface area contributed by atoms with Crippen molar-refractivity contribution in [2.75, 3.05) is 13.1 Å². The molecule has 0 rings (SSSR count). The average molecular weight is 457 g/mol. The van der Waals surface area contributed by atoms with E-state index >= 15 is 0 Å². The van der Waals surface area contributed by atoms with E-state index in [0.717, 1.165) is 13.1 Å². The summed E-state index contributed by atoms with van der Waals surface area (Å²) in [4.78, 5) is 12.2. The number of carbonyl (C=O) groups is 1. The predicted octanol–water partition coefficient (Wildman–Crippen LogP) is 8.42. The zero-order chi connectivity index (χ0) is 22.7. The Kier molecular flexibility index (Phi) is 18.1. The minimum absolute atomic E-state index is 0.0532. The fourth-order valence-corrected chi connectivity index (χ4v) is 17.3. The Morgan fingerprint density at radius 2 is 0.767 bits per heavy atom. The maximum Gasteiger partial charge on any atom is 0.314 e. The van der Waals surface area contributed by atoms with E-state index < -0.39 is 16.1 Å². The monoisotopic (exact) mass is 456 g/mol. The van der Waals surface area contributed by atoms with Crippen molar-refractivity contribution in [1.29, 1.82) is 0 Å². The lowest BCUT2D eigenvalue weighted by Crippen LogP contribution is -2.39. The van der Waals surface area contributed by atoms with Crippen molar-refractivity contribution in [3.8, 4) is 0 Å². The Balaban J connectivity index is 4.27. The predicted molar refractivity (Wildman–Crippen MR) is 142 cm³/mol. The largest absolute Gasteiger partial charge is 0.338 e. The van der Waals surface area contributed by atoms with Crippen LogP contribution < -0.4 is 10.6 Å². The highest BCUT2D eigenvalue weighted by molar-refractivity contribution is 6.80. The van der Waals surface area contributed by atoms with E-state index in [1.807, 2.05) is 0 Å². The molecule has 2 amide bonds. The lowest BCUT2D eigenvalue weighted by atomic mass is 10.4. The molecule has 30 heavy (non-hydrogen) atoms. The molecule has 0 saturated heterocycles. The van der Waals surface area contributed by atoms with Crippen molar-refractivity contribution in [2.24, 2.45) is 0 Å². The Bertz CT molecular complexity index is 348. The second-order valence-corrected chi connectivity index (χ2v) is 19.9. The van der Waals surface area contributed by atoms with Gasteiger partial charge in [-0.25, -0.2) is 4.79 Å². The summed E-state index contributed by atoms with van der Waals surface area (Å²) < 4.78 is 0. The first-order valence-electron chi connectivity index (χ1n) is 13.5. The van der Waals surface area contributed by atoms with Crippen LogP contribution in [0.1, 0.15) is 92.9 Å². The summed E-state index contributed by atoms with van der Waals surface area (Å²) in [7, 11) is -2.22. The normalized spacial score (nSPS) is 12.2. The molecule has 0 aromatic heterocycles. The molecule has 0 saturated carbocycles. The highest BCUT2D eigenvalue weighted by atomic mass is 28.3. The lowest BCUT2D eigenvalue weighted by Gasteiger charge is -2.31. The van der Waals surface area contributed by atoms with Crippen LogP contribution >= 0.6 is 0 Å². The molecule has 0 heterocycles. The molecule has 0 radical (unpaired) electrons. The van der Waals surface area contributed by atoms with E-state index in [-0.39, 0.29) is 6.03 Å². The summed E-state index contributed by atoms with van der Waals surface area (Å²) in [6, 6.07) is 11.7. The molecule has 0 fully saturated rings. The molecule has 0 aliphatic rings. The van der Waals surface area contributed by atoms with Gasteiger partial charge in [0.05, 0.1) is 16.1 Å². The molecular formula is C25H56N2OSi2. The van der Waals surface area contributed by atoms with E-state index in [1.165, 1.54) is 99.7 Å². The molecule has 2 N–H and O–H groups in total. The van der Waals surface area contributed by atoms with Crippen LogP contribution in [0.2, 0.25) is 48.4 Å². The van der Waals surface area contributed by atoms with Gasteiger partial charge in [0.1, 0.15) is 0 Å². The van der Waals surface area contributed by atoms with Crippen molar-refractivity contribution in [3.63, 3.8) is 0 Å². The van der Waals surface area contributed by atoms with Crippen molar-refractivity contribution in [1.82, 2.24) is 10.6 Å². The molecule has 5 heteroatoms. The van der Waals surface area contributed by atoms with Gasteiger partial charge in [-0.3, -0.25) is 0 Å². The van der Waals surface area contributed by atoms with Crippen molar-refractivity contribution in [3.05, 3.63) is 0 Å². The summed E-state index contributed by atoms with van der Waals surface area (Å²) in [5, 5.41) is 6.28. The van der Waals surface area contributed by atoms with Gasteiger partial charge in [0.2, 0.25) is 0 Å². The molecule has 0 unspecified atom stereocenters. The number of rotatable bonds is 20. The van der Waals surface area contributed by atoms with Gasteiger partial charge in [-0.15, -0.1) is 0 Å². The van der Waals surface area contributed by atoms with E-state index in [1.54, 1.807) is 0 Å². The van der Waals surface area contributed by atoms with Crippen molar-refractivity contribution in [2.45, 2.75) is 141 Å². The van der Waals surface area contributed by atoms with Gasteiger partial charge in [-0.2, -0.15) is 0 Å². The van der Waals surface area contributed by atoms with Crippen LogP contribution in [0.3, 0.4) is 0 Å². The van der Waals surface area contributed by atoms with Crippen LogP contribution in [0, 0.1) is 0 Å². The van der Waals surface area contributed by atoms with E-state index in [9.17, 15) is 4.79 Å². The molecule has 0 aromatic carbocycles. The van der Waals surface area contributed by atoms with Crippen molar-refractivity contribution < 1.29 is 4.79 Å². The third-order valence-electron chi connectivity index (χ3n) is 7.02. The molecule has 0 bridgehead atoms. The molecule has 180 valence electrons. The minimum Gasteiger partial charge on any atom is -0.338 e. The zero-order valence-electron chi connectivity index (χ0n) is 21.6. The van der Waals surface area contributed by atoms with Gasteiger partial charge in [0.25, 0.3) is 0 Å². The van der Waals surface area contributed by atoms with Crippen LogP contribution in [-0.2, 0) is 0 Å². The maximum atomic E-state index is 12.2. The van der Waals surface area contributed by atoms with E-state index in [2.05, 4.69) is 52.2 Å². The standard InChI is InChI=1S/C25H56N2OSi2/c1-7-17-29(18-8-2,19-9-3)23-13-15-26-25(28)27-16-14-24-30(20-10-4,21-11-5)22-12-6/h7-24H2,1-6H3,(H2,26,27,28). The van der Waals surface area contributed by atoms with Gasteiger partial charge in [0.15, 0.2) is 0 Å². The fraction of sp³-hybridized carbons (Fsp3) is 0.960. The number of nitrogens with one attached hydrogen (secondary N) is 2. The SMILES string of the molecule is CCC[Si](CCC)(CCC)CCCNC(=O)NCCC[Si](CCC)(CCC)CCC. The smallest absolute Gasteiger partial charge is 0.314 e. The third-order valence-corrected chi connectivity index (χ3v) is 19.2. The molecule has 0 aliphatic heterocycles. The molecule has 0 spiro atoms.